The first-order valence-corrected chi connectivity index (χ1v) is 10.1. The van der Waals surface area contributed by atoms with Gasteiger partial charge in [-0.3, -0.25) is 0 Å². The molecule has 1 nitrogen and oxygen atoms in total. The Morgan fingerprint density at radius 1 is 0.900 bits per heavy atom. The Bertz CT molecular complexity index is 387. The highest BCUT2D eigenvalue weighted by Gasteiger charge is 2.53. The molecule has 0 aromatic heterocycles. The van der Waals surface area contributed by atoms with Gasteiger partial charge in [-0.1, -0.05) is 53.7 Å². The Kier molecular flexibility index (Phi) is 3.49. The molecule has 0 N–H and O–H groups in total. The largest absolute Gasteiger partial charge is 0.412 e. The van der Waals surface area contributed by atoms with Gasteiger partial charge in [0, 0.05) is 0 Å². The lowest BCUT2D eigenvalue weighted by atomic mass is 9.80. The number of fused-ring (bicyclic) bond motifs is 5. The van der Waals surface area contributed by atoms with Crippen molar-refractivity contribution in [2.75, 3.05) is 0 Å². The van der Waals surface area contributed by atoms with Crippen molar-refractivity contribution in [3.63, 3.8) is 0 Å². The van der Waals surface area contributed by atoms with Crippen molar-refractivity contribution in [3.05, 3.63) is 12.2 Å². The summed E-state index contributed by atoms with van der Waals surface area (Å²) in [6.07, 6.45) is 9.79. The van der Waals surface area contributed by atoms with E-state index in [-0.39, 0.29) is 0 Å². The molecular weight excluding hydrogens is 260 g/mol. The number of rotatable bonds is 2. The first-order valence-electron chi connectivity index (χ1n) is 8.52. The van der Waals surface area contributed by atoms with Crippen molar-refractivity contribution in [1.82, 2.24) is 0 Å². The molecule has 2 saturated carbocycles. The average Bonchev–Trinajstić information content (AvgIpc) is 2.96. The molecule has 5 atom stereocenters. The SMILES string of the molecule is CC(C)(C)[SiH](O[C@H]1C=C[C@@H]2[C@H]3CC[C@@H](C3)[C@H]21)C(C)(C)C. The van der Waals surface area contributed by atoms with Crippen LogP contribution in [0.1, 0.15) is 60.8 Å². The molecule has 3 aliphatic rings. The van der Waals surface area contributed by atoms with E-state index < -0.39 is 9.04 Å². The molecule has 3 rings (SSSR count). The molecular formula is C18H32OSi. The molecule has 0 saturated heterocycles. The Labute approximate surface area is 126 Å². The van der Waals surface area contributed by atoms with Crippen molar-refractivity contribution < 1.29 is 4.43 Å². The maximum atomic E-state index is 6.86. The molecule has 2 heteroatoms. The van der Waals surface area contributed by atoms with Crippen LogP contribution in [0, 0.1) is 23.7 Å². The Balaban J connectivity index is 1.76. The summed E-state index contributed by atoms with van der Waals surface area (Å²) < 4.78 is 6.86. The fourth-order valence-electron chi connectivity index (χ4n) is 5.52. The molecule has 114 valence electrons. The zero-order valence-corrected chi connectivity index (χ0v) is 15.3. The summed E-state index contributed by atoms with van der Waals surface area (Å²) in [6.45, 7) is 14.3. The third kappa shape index (κ3) is 2.43. The summed E-state index contributed by atoms with van der Waals surface area (Å²) >= 11 is 0. The zero-order chi connectivity index (χ0) is 14.7. The summed E-state index contributed by atoms with van der Waals surface area (Å²) in [6, 6.07) is 0. The molecule has 0 spiro atoms. The van der Waals surface area contributed by atoms with Gasteiger partial charge in [-0.25, -0.2) is 0 Å². The Morgan fingerprint density at radius 2 is 1.50 bits per heavy atom. The third-order valence-corrected chi connectivity index (χ3v) is 9.55. The second-order valence-corrected chi connectivity index (χ2v) is 14.1. The van der Waals surface area contributed by atoms with Crippen LogP contribution in [-0.4, -0.2) is 15.1 Å². The van der Waals surface area contributed by atoms with E-state index in [9.17, 15) is 0 Å². The monoisotopic (exact) mass is 292 g/mol. The summed E-state index contributed by atoms with van der Waals surface area (Å²) in [5.74, 6) is 3.63. The van der Waals surface area contributed by atoms with Crippen LogP contribution in [0.25, 0.3) is 0 Å². The van der Waals surface area contributed by atoms with Crippen LogP contribution in [0.2, 0.25) is 10.1 Å². The highest BCUT2D eigenvalue weighted by atomic mass is 28.3. The van der Waals surface area contributed by atoms with E-state index in [4.69, 9.17) is 4.43 Å². The van der Waals surface area contributed by atoms with Gasteiger partial charge in [0.2, 0.25) is 0 Å². The van der Waals surface area contributed by atoms with E-state index in [1.54, 1.807) is 0 Å². The van der Waals surface area contributed by atoms with Crippen LogP contribution in [0.5, 0.6) is 0 Å². The standard InChI is InChI=1S/C18H32OSi/c1-17(2,3)20(18(4,5)6)19-15-10-9-14-12-7-8-13(11-12)16(14)15/h9-10,12-16,20H,7-8,11H2,1-6H3/t12-,13-,14+,15-,16+/m0/s1. The minimum atomic E-state index is -1.29. The minimum Gasteiger partial charge on any atom is -0.412 e. The third-order valence-electron chi connectivity index (χ3n) is 5.82. The Morgan fingerprint density at radius 3 is 2.10 bits per heavy atom. The van der Waals surface area contributed by atoms with Crippen molar-refractivity contribution in [2.45, 2.75) is 77.0 Å². The van der Waals surface area contributed by atoms with Crippen LogP contribution >= 0.6 is 0 Å². The summed E-state index contributed by atoms with van der Waals surface area (Å²) in [4.78, 5) is 0. The molecule has 0 aromatic rings. The van der Waals surface area contributed by atoms with Crippen LogP contribution in [0.4, 0.5) is 0 Å². The number of allylic oxidation sites excluding steroid dienone is 1. The van der Waals surface area contributed by atoms with Gasteiger partial charge in [0.15, 0.2) is 9.04 Å². The molecule has 3 aliphatic carbocycles. The zero-order valence-electron chi connectivity index (χ0n) is 14.1. The number of hydrogen-bond acceptors (Lipinski definition) is 1. The Hall–Kier alpha value is -0.0831. The van der Waals surface area contributed by atoms with Gasteiger partial charge >= 0.3 is 0 Å². The van der Waals surface area contributed by atoms with Gasteiger partial charge in [0.1, 0.15) is 0 Å². The molecule has 0 amide bonds. The normalized spacial score (nSPS) is 39.9. The molecule has 0 radical (unpaired) electrons. The lowest BCUT2D eigenvalue weighted by Crippen LogP contribution is -2.43. The second kappa shape index (κ2) is 4.71. The van der Waals surface area contributed by atoms with Crippen molar-refractivity contribution in [1.29, 1.82) is 0 Å². The summed E-state index contributed by atoms with van der Waals surface area (Å²) in [5, 5.41) is 0.670. The fourth-order valence-corrected chi connectivity index (χ4v) is 9.52. The van der Waals surface area contributed by atoms with Gasteiger partial charge in [0.05, 0.1) is 6.10 Å². The maximum absolute atomic E-state index is 6.86. The van der Waals surface area contributed by atoms with Gasteiger partial charge in [-0.15, -0.1) is 0 Å². The predicted octanol–water partition coefficient (Wildman–Crippen LogP) is 4.93. The second-order valence-electron chi connectivity index (χ2n) is 9.59. The van der Waals surface area contributed by atoms with Crippen LogP contribution in [0.3, 0.4) is 0 Å². The van der Waals surface area contributed by atoms with Crippen LogP contribution < -0.4 is 0 Å². The van der Waals surface area contributed by atoms with Crippen LogP contribution in [0.15, 0.2) is 12.2 Å². The number of hydrogen-bond donors (Lipinski definition) is 0. The first kappa shape index (κ1) is 14.8. The minimum absolute atomic E-state index is 0.335. The predicted molar refractivity (Wildman–Crippen MR) is 88.4 cm³/mol. The van der Waals surface area contributed by atoms with E-state index in [1.165, 1.54) is 19.3 Å². The first-order chi connectivity index (χ1) is 9.18. The fraction of sp³-hybridized carbons (Fsp3) is 0.889. The molecule has 0 unspecified atom stereocenters. The van der Waals surface area contributed by atoms with E-state index in [0.29, 0.717) is 16.2 Å². The molecule has 0 aliphatic heterocycles. The van der Waals surface area contributed by atoms with Gasteiger partial charge in [-0.2, -0.15) is 0 Å². The molecule has 2 bridgehead atoms. The van der Waals surface area contributed by atoms with Gasteiger partial charge < -0.3 is 4.43 Å². The lowest BCUT2D eigenvalue weighted by Gasteiger charge is -2.42. The highest BCUT2D eigenvalue weighted by molar-refractivity contribution is 6.58. The van der Waals surface area contributed by atoms with Gasteiger partial charge in [0.25, 0.3) is 0 Å². The van der Waals surface area contributed by atoms with E-state index in [1.807, 2.05) is 0 Å². The topological polar surface area (TPSA) is 9.23 Å². The van der Waals surface area contributed by atoms with Crippen LogP contribution in [-0.2, 0) is 4.43 Å². The molecule has 20 heavy (non-hydrogen) atoms. The molecule has 0 heterocycles. The van der Waals surface area contributed by atoms with Crippen molar-refractivity contribution in [2.24, 2.45) is 23.7 Å². The summed E-state index contributed by atoms with van der Waals surface area (Å²) in [5.41, 5.74) is 0. The quantitative estimate of drug-likeness (QED) is 0.518. The molecule has 0 aromatic carbocycles. The van der Waals surface area contributed by atoms with E-state index in [2.05, 4.69) is 53.7 Å². The lowest BCUT2D eigenvalue weighted by molar-refractivity contribution is 0.113. The summed E-state index contributed by atoms with van der Waals surface area (Å²) in [7, 11) is -1.29. The molecule has 2 fully saturated rings. The van der Waals surface area contributed by atoms with Crippen molar-refractivity contribution >= 4 is 9.04 Å². The van der Waals surface area contributed by atoms with E-state index >= 15 is 0 Å². The smallest absolute Gasteiger partial charge is 0.188 e. The maximum Gasteiger partial charge on any atom is 0.188 e. The average molecular weight is 293 g/mol. The van der Waals surface area contributed by atoms with Gasteiger partial charge in [-0.05, 0) is 53.0 Å². The van der Waals surface area contributed by atoms with Crippen molar-refractivity contribution in [3.8, 4) is 0 Å². The van der Waals surface area contributed by atoms with E-state index in [0.717, 1.165) is 23.7 Å². The highest BCUT2D eigenvalue weighted by Crippen LogP contribution is 2.57.